The van der Waals surface area contributed by atoms with Crippen LogP contribution < -0.4 is 10.1 Å². The highest BCUT2D eigenvalue weighted by atomic mass is 32.2. The van der Waals surface area contributed by atoms with Gasteiger partial charge in [0.1, 0.15) is 11.3 Å². The van der Waals surface area contributed by atoms with Crippen LogP contribution in [0.25, 0.3) is 17.0 Å². The summed E-state index contributed by atoms with van der Waals surface area (Å²) < 4.78 is 10.9. The summed E-state index contributed by atoms with van der Waals surface area (Å²) in [5.74, 6) is -0.186. The first-order chi connectivity index (χ1) is 14.1. The maximum atomic E-state index is 12.3. The molecule has 1 amide bonds. The molecular formula is C21H21N3O4S. The number of esters is 1. The van der Waals surface area contributed by atoms with Crippen molar-refractivity contribution in [3.05, 3.63) is 40.4 Å². The van der Waals surface area contributed by atoms with E-state index in [0.29, 0.717) is 39.4 Å². The van der Waals surface area contributed by atoms with E-state index in [0.717, 1.165) is 18.4 Å². The summed E-state index contributed by atoms with van der Waals surface area (Å²) in [6.07, 6.45) is 5.45. The zero-order chi connectivity index (χ0) is 20.4. The minimum absolute atomic E-state index is 0.155. The van der Waals surface area contributed by atoms with Crippen LogP contribution in [0.3, 0.4) is 0 Å². The normalized spacial score (nSPS) is 19.0. The minimum atomic E-state index is -0.472. The summed E-state index contributed by atoms with van der Waals surface area (Å²) in [5, 5.41) is 4.16. The number of ether oxygens (including phenoxy) is 2. The maximum Gasteiger partial charge on any atom is 0.343 e. The third-order valence-corrected chi connectivity index (χ3v) is 5.35. The standard InChI is InChI=1S/C21H21N3O4S/c1-3-27-18-14-9-12(5-8-16(14)22-11-15(18)20(26)28-4-2)10-17-19(25)24-21(29-17)23-13-6-7-13/h5,8-11,13H,3-4,6-7H2,1-2H3,(H,23,24,25)/b17-10-. The van der Waals surface area contributed by atoms with E-state index in [4.69, 9.17) is 9.47 Å². The number of carbonyl (C=O) groups excluding carboxylic acids is 2. The van der Waals surface area contributed by atoms with E-state index < -0.39 is 5.97 Å². The summed E-state index contributed by atoms with van der Waals surface area (Å²) in [5.41, 5.74) is 1.80. The molecule has 1 saturated carbocycles. The molecule has 29 heavy (non-hydrogen) atoms. The van der Waals surface area contributed by atoms with Gasteiger partial charge in [-0.3, -0.25) is 14.8 Å². The molecule has 1 saturated heterocycles. The Kier molecular flexibility index (Phi) is 5.53. The van der Waals surface area contributed by atoms with Gasteiger partial charge in [0.2, 0.25) is 0 Å². The number of carbonyl (C=O) groups is 2. The lowest BCUT2D eigenvalue weighted by atomic mass is 10.1. The summed E-state index contributed by atoms with van der Waals surface area (Å²) in [6.45, 7) is 4.27. The van der Waals surface area contributed by atoms with Gasteiger partial charge in [-0.05, 0) is 62.2 Å². The lowest BCUT2D eigenvalue weighted by Gasteiger charge is -2.12. The summed E-state index contributed by atoms with van der Waals surface area (Å²) in [7, 11) is 0. The molecular weight excluding hydrogens is 390 g/mol. The molecule has 2 fully saturated rings. The molecule has 8 heteroatoms. The molecule has 4 rings (SSSR count). The van der Waals surface area contributed by atoms with Gasteiger partial charge in [0, 0.05) is 11.6 Å². The average Bonchev–Trinajstić information content (AvgIpc) is 3.45. The third kappa shape index (κ3) is 4.27. The van der Waals surface area contributed by atoms with Crippen molar-refractivity contribution in [3.63, 3.8) is 0 Å². The molecule has 0 atom stereocenters. The second-order valence-electron chi connectivity index (χ2n) is 6.66. The van der Waals surface area contributed by atoms with Gasteiger partial charge in [0.25, 0.3) is 5.91 Å². The van der Waals surface area contributed by atoms with Crippen LogP contribution in [0.1, 0.15) is 42.6 Å². The molecule has 2 aromatic rings. The molecule has 2 heterocycles. The summed E-state index contributed by atoms with van der Waals surface area (Å²) >= 11 is 1.35. The van der Waals surface area contributed by atoms with Crippen LogP contribution >= 0.6 is 11.8 Å². The van der Waals surface area contributed by atoms with E-state index in [2.05, 4.69) is 15.3 Å². The number of nitrogens with one attached hydrogen (secondary N) is 1. The Bertz CT molecular complexity index is 1040. The van der Waals surface area contributed by atoms with E-state index in [9.17, 15) is 9.59 Å². The smallest absolute Gasteiger partial charge is 0.343 e. The topological polar surface area (TPSA) is 89.9 Å². The predicted molar refractivity (Wildman–Crippen MR) is 113 cm³/mol. The fourth-order valence-corrected chi connectivity index (χ4v) is 3.83. The number of pyridine rings is 1. The number of benzene rings is 1. The highest BCUT2D eigenvalue weighted by Crippen LogP contribution is 2.33. The van der Waals surface area contributed by atoms with Gasteiger partial charge in [-0.1, -0.05) is 6.07 Å². The highest BCUT2D eigenvalue weighted by Gasteiger charge is 2.28. The van der Waals surface area contributed by atoms with Gasteiger partial charge >= 0.3 is 5.97 Å². The Balaban J connectivity index is 1.71. The first-order valence-electron chi connectivity index (χ1n) is 9.60. The van der Waals surface area contributed by atoms with Crippen molar-refractivity contribution in [1.82, 2.24) is 10.3 Å². The molecule has 0 radical (unpaired) electrons. The Morgan fingerprint density at radius 1 is 1.34 bits per heavy atom. The summed E-state index contributed by atoms with van der Waals surface area (Å²) in [6, 6.07) is 5.94. The number of nitrogens with zero attached hydrogens (tertiary/aromatic N) is 2. The van der Waals surface area contributed by atoms with Crippen LogP contribution in [0.5, 0.6) is 5.75 Å². The van der Waals surface area contributed by atoms with Crippen LogP contribution in [0.4, 0.5) is 0 Å². The predicted octanol–water partition coefficient (Wildman–Crippen LogP) is 3.53. The highest BCUT2D eigenvalue weighted by molar-refractivity contribution is 8.18. The lowest BCUT2D eigenvalue weighted by Crippen LogP contribution is -2.20. The molecule has 1 aliphatic carbocycles. The Hall–Kier alpha value is -2.87. The van der Waals surface area contributed by atoms with Gasteiger partial charge < -0.3 is 14.8 Å². The van der Waals surface area contributed by atoms with Crippen molar-refractivity contribution in [2.75, 3.05) is 13.2 Å². The fraction of sp³-hybridized carbons (Fsp3) is 0.333. The first kappa shape index (κ1) is 19.4. The second-order valence-corrected chi connectivity index (χ2v) is 7.69. The third-order valence-electron chi connectivity index (χ3n) is 4.42. The SMILES string of the molecule is CCOC(=O)c1cnc2ccc(/C=C3\SC(=NC4CC4)NC3=O)cc2c1OCC. The van der Waals surface area contributed by atoms with E-state index in [-0.39, 0.29) is 18.1 Å². The molecule has 0 bridgehead atoms. The summed E-state index contributed by atoms with van der Waals surface area (Å²) in [4.78, 5) is 34.0. The minimum Gasteiger partial charge on any atom is -0.492 e. The number of thioether (sulfide) groups is 1. The zero-order valence-corrected chi connectivity index (χ0v) is 17.0. The van der Waals surface area contributed by atoms with E-state index in [1.807, 2.05) is 31.2 Å². The Morgan fingerprint density at radius 3 is 2.90 bits per heavy atom. The van der Waals surface area contributed by atoms with Gasteiger partial charge in [-0.2, -0.15) is 0 Å². The Morgan fingerprint density at radius 2 is 2.17 bits per heavy atom. The number of amidine groups is 1. The van der Waals surface area contributed by atoms with Crippen molar-refractivity contribution < 1.29 is 19.1 Å². The van der Waals surface area contributed by atoms with Crippen LogP contribution in [0.2, 0.25) is 0 Å². The van der Waals surface area contributed by atoms with Gasteiger partial charge in [-0.15, -0.1) is 0 Å². The number of rotatable bonds is 6. The number of hydrogen-bond acceptors (Lipinski definition) is 7. The van der Waals surface area contributed by atoms with Gasteiger partial charge in [0.05, 0.1) is 29.7 Å². The van der Waals surface area contributed by atoms with Crippen LogP contribution in [-0.4, -0.2) is 41.3 Å². The average molecular weight is 411 g/mol. The lowest BCUT2D eigenvalue weighted by molar-refractivity contribution is -0.115. The van der Waals surface area contributed by atoms with Crippen molar-refractivity contribution >= 4 is 45.8 Å². The molecule has 1 N–H and O–H groups in total. The second kappa shape index (κ2) is 8.24. The van der Waals surface area contributed by atoms with E-state index >= 15 is 0 Å². The molecule has 1 aromatic carbocycles. The van der Waals surface area contributed by atoms with Crippen LogP contribution in [0.15, 0.2) is 34.3 Å². The van der Waals surface area contributed by atoms with Gasteiger partial charge in [-0.25, -0.2) is 4.79 Å². The van der Waals surface area contributed by atoms with Gasteiger partial charge in [0.15, 0.2) is 5.17 Å². The van der Waals surface area contributed by atoms with Crippen LogP contribution in [0, 0.1) is 0 Å². The zero-order valence-electron chi connectivity index (χ0n) is 16.2. The molecule has 1 aromatic heterocycles. The first-order valence-corrected chi connectivity index (χ1v) is 10.4. The molecule has 1 aliphatic heterocycles. The monoisotopic (exact) mass is 411 g/mol. The van der Waals surface area contributed by atoms with Crippen molar-refractivity contribution in [3.8, 4) is 5.75 Å². The fourth-order valence-electron chi connectivity index (χ4n) is 2.94. The van der Waals surface area contributed by atoms with Crippen LogP contribution in [-0.2, 0) is 9.53 Å². The quantitative estimate of drug-likeness (QED) is 0.578. The van der Waals surface area contributed by atoms with E-state index in [1.165, 1.54) is 18.0 Å². The number of aliphatic imine (C=N–C) groups is 1. The molecule has 150 valence electrons. The molecule has 0 spiro atoms. The number of hydrogen-bond donors (Lipinski definition) is 1. The largest absolute Gasteiger partial charge is 0.492 e. The van der Waals surface area contributed by atoms with Crippen molar-refractivity contribution in [1.29, 1.82) is 0 Å². The maximum absolute atomic E-state index is 12.3. The molecule has 0 unspecified atom stereocenters. The number of aromatic nitrogens is 1. The van der Waals surface area contributed by atoms with Crippen molar-refractivity contribution in [2.45, 2.75) is 32.7 Å². The number of fused-ring (bicyclic) bond motifs is 1. The molecule has 7 nitrogen and oxygen atoms in total. The number of amides is 1. The molecule has 2 aliphatic rings. The Labute approximate surface area is 172 Å². The van der Waals surface area contributed by atoms with Crippen molar-refractivity contribution in [2.24, 2.45) is 4.99 Å². The van der Waals surface area contributed by atoms with E-state index in [1.54, 1.807) is 6.92 Å².